The zero-order valence-electron chi connectivity index (χ0n) is 7.87. The molecule has 3 nitrogen and oxygen atoms in total. The molecule has 0 N–H and O–H groups in total. The van der Waals surface area contributed by atoms with Gasteiger partial charge in [-0.1, -0.05) is 0 Å². The van der Waals surface area contributed by atoms with Crippen molar-refractivity contribution in [3.8, 4) is 12.3 Å². The van der Waals surface area contributed by atoms with Crippen molar-refractivity contribution >= 4 is 5.78 Å². The van der Waals surface area contributed by atoms with Gasteiger partial charge in [-0.15, -0.1) is 12.3 Å². The van der Waals surface area contributed by atoms with Crippen molar-refractivity contribution in [1.29, 1.82) is 0 Å². The Bertz CT molecular complexity index is 357. The van der Waals surface area contributed by atoms with E-state index in [9.17, 15) is 4.79 Å². The van der Waals surface area contributed by atoms with Crippen LogP contribution in [0, 0.1) is 19.3 Å². The molecule has 0 saturated carbocycles. The summed E-state index contributed by atoms with van der Waals surface area (Å²) < 4.78 is 1.90. The van der Waals surface area contributed by atoms with Gasteiger partial charge in [0.1, 0.15) is 11.5 Å². The third-order valence-corrected chi connectivity index (χ3v) is 1.83. The van der Waals surface area contributed by atoms with Gasteiger partial charge in [0.25, 0.3) is 0 Å². The number of aromatic nitrogens is 2. The number of hydrogen-bond acceptors (Lipinski definition) is 2. The Morgan fingerprint density at radius 3 is 2.92 bits per heavy atom. The van der Waals surface area contributed by atoms with E-state index in [1.807, 2.05) is 11.5 Å². The van der Waals surface area contributed by atoms with Gasteiger partial charge in [0.2, 0.25) is 0 Å². The van der Waals surface area contributed by atoms with Crippen molar-refractivity contribution in [3.05, 3.63) is 17.7 Å². The first-order valence-electron chi connectivity index (χ1n) is 4.13. The summed E-state index contributed by atoms with van der Waals surface area (Å²) in [6.07, 6.45) is 7.55. The van der Waals surface area contributed by atoms with Gasteiger partial charge in [-0.05, 0) is 6.92 Å². The molecule has 0 atom stereocenters. The molecular weight excluding hydrogens is 164 g/mol. The van der Waals surface area contributed by atoms with Gasteiger partial charge in [0.15, 0.2) is 5.78 Å². The smallest absolute Gasteiger partial charge is 0.179 e. The van der Waals surface area contributed by atoms with E-state index in [0.29, 0.717) is 12.1 Å². The lowest BCUT2D eigenvalue weighted by Gasteiger charge is -1.98. The Morgan fingerprint density at radius 1 is 1.77 bits per heavy atom. The van der Waals surface area contributed by atoms with E-state index >= 15 is 0 Å². The van der Waals surface area contributed by atoms with Crippen LogP contribution in [0.2, 0.25) is 0 Å². The second kappa shape index (κ2) is 3.90. The van der Waals surface area contributed by atoms with Crippen LogP contribution in [0.25, 0.3) is 0 Å². The molecule has 1 aromatic heterocycles. The summed E-state index contributed by atoms with van der Waals surface area (Å²) >= 11 is 0. The SMILES string of the molecule is C#CCCn1cc(C(C)=O)nc1C. The lowest BCUT2D eigenvalue weighted by molar-refractivity contribution is 0.101. The molecule has 0 radical (unpaired) electrons. The minimum atomic E-state index is -0.0115. The van der Waals surface area contributed by atoms with E-state index in [-0.39, 0.29) is 5.78 Å². The lowest BCUT2D eigenvalue weighted by Crippen LogP contribution is -1.97. The van der Waals surface area contributed by atoms with Crippen LogP contribution < -0.4 is 0 Å². The fourth-order valence-corrected chi connectivity index (χ4v) is 1.09. The van der Waals surface area contributed by atoms with Gasteiger partial charge in [-0.2, -0.15) is 0 Å². The van der Waals surface area contributed by atoms with Crippen molar-refractivity contribution in [2.24, 2.45) is 0 Å². The highest BCUT2D eigenvalue weighted by Gasteiger charge is 2.06. The van der Waals surface area contributed by atoms with E-state index in [2.05, 4.69) is 10.9 Å². The van der Waals surface area contributed by atoms with Crippen LogP contribution in [0.5, 0.6) is 0 Å². The molecule has 1 aromatic rings. The van der Waals surface area contributed by atoms with Gasteiger partial charge in [-0.25, -0.2) is 4.98 Å². The number of terminal acetylenes is 1. The molecular formula is C10H12N2O. The first-order valence-corrected chi connectivity index (χ1v) is 4.13. The molecule has 0 spiro atoms. The Labute approximate surface area is 77.8 Å². The summed E-state index contributed by atoms with van der Waals surface area (Å²) in [6, 6.07) is 0. The number of nitrogens with zero attached hydrogens (tertiary/aromatic N) is 2. The van der Waals surface area contributed by atoms with E-state index in [0.717, 1.165) is 12.4 Å². The molecule has 0 aliphatic carbocycles. The summed E-state index contributed by atoms with van der Waals surface area (Å²) in [5.41, 5.74) is 0.509. The predicted molar refractivity (Wildman–Crippen MR) is 50.4 cm³/mol. The van der Waals surface area contributed by atoms with Gasteiger partial charge in [0.05, 0.1) is 0 Å². The average Bonchev–Trinajstić information content (AvgIpc) is 2.44. The number of carbonyl (C=O) groups is 1. The molecule has 1 heterocycles. The molecule has 68 valence electrons. The van der Waals surface area contributed by atoms with E-state index in [1.165, 1.54) is 6.92 Å². The summed E-state index contributed by atoms with van der Waals surface area (Å²) in [5, 5.41) is 0. The number of rotatable bonds is 3. The minimum Gasteiger partial charge on any atom is -0.333 e. The first kappa shape index (κ1) is 9.53. The van der Waals surface area contributed by atoms with Crippen molar-refractivity contribution in [1.82, 2.24) is 9.55 Å². The topological polar surface area (TPSA) is 34.9 Å². The fraction of sp³-hybridized carbons (Fsp3) is 0.400. The summed E-state index contributed by atoms with van der Waals surface area (Å²) in [4.78, 5) is 15.1. The van der Waals surface area contributed by atoms with Crippen LogP contribution in [0.15, 0.2) is 6.20 Å². The second-order valence-electron chi connectivity index (χ2n) is 2.88. The van der Waals surface area contributed by atoms with E-state index < -0.39 is 0 Å². The Kier molecular flexibility index (Phi) is 2.86. The van der Waals surface area contributed by atoms with Gasteiger partial charge < -0.3 is 4.57 Å². The van der Waals surface area contributed by atoms with Crippen LogP contribution in [-0.2, 0) is 6.54 Å². The molecule has 0 aromatic carbocycles. The van der Waals surface area contributed by atoms with Crippen LogP contribution in [0.4, 0.5) is 0 Å². The second-order valence-corrected chi connectivity index (χ2v) is 2.88. The number of carbonyl (C=O) groups excluding carboxylic acids is 1. The monoisotopic (exact) mass is 176 g/mol. The van der Waals surface area contributed by atoms with Crippen LogP contribution in [0.1, 0.15) is 29.7 Å². The largest absolute Gasteiger partial charge is 0.333 e. The highest BCUT2D eigenvalue weighted by atomic mass is 16.1. The molecule has 0 amide bonds. The van der Waals surface area contributed by atoms with Crippen molar-refractivity contribution < 1.29 is 4.79 Å². The Balaban J connectivity index is 2.85. The third-order valence-electron chi connectivity index (χ3n) is 1.83. The summed E-state index contributed by atoms with van der Waals surface area (Å²) in [5.74, 6) is 3.37. The van der Waals surface area contributed by atoms with E-state index in [1.54, 1.807) is 6.20 Å². The van der Waals surface area contributed by atoms with Crippen LogP contribution >= 0.6 is 0 Å². The summed E-state index contributed by atoms with van der Waals surface area (Å²) in [6.45, 7) is 4.10. The molecule has 0 bridgehead atoms. The Morgan fingerprint density at radius 2 is 2.46 bits per heavy atom. The molecule has 1 rings (SSSR count). The first-order chi connectivity index (χ1) is 6.15. The van der Waals surface area contributed by atoms with E-state index in [4.69, 9.17) is 6.42 Å². The minimum absolute atomic E-state index is 0.0115. The number of hydrogen-bond donors (Lipinski definition) is 0. The number of imidazole rings is 1. The molecule has 0 fully saturated rings. The molecule has 13 heavy (non-hydrogen) atoms. The number of Topliss-reactive ketones (excluding diaryl/α,β-unsaturated/α-hetero) is 1. The van der Waals surface area contributed by atoms with Gasteiger partial charge in [0, 0.05) is 26.1 Å². The molecule has 0 unspecified atom stereocenters. The highest BCUT2D eigenvalue weighted by Crippen LogP contribution is 2.03. The lowest BCUT2D eigenvalue weighted by atomic mass is 10.3. The molecule has 0 saturated heterocycles. The maximum absolute atomic E-state index is 11.0. The number of aryl methyl sites for hydroxylation is 2. The Hall–Kier alpha value is -1.56. The van der Waals surface area contributed by atoms with Gasteiger partial charge >= 0.3 is 0 Å². The van der Waals surface area contributed by atoms with Crippen LogP contribution in [-0.4, -0.2) is 15.3 Å². The predicted octanol–water partition coefficient (Wildman–Crippen LogP) is 1.42. The standard InChI is InChI=1S/C10H12N2O/c1-4-5-6-12-7-10(8(2)13)11-9(12)3/h1,7H,5-6H2,2-3H3. The van der Waals surface area contributed by atoms with Crippen molar-refractivity contribution in [3.63, 3.8) is 0 Å². The van der Waals surface area contributed by atoms with Crippen molar-refractivity contribution in [2.75, 3.05) is 0 Å². The number of ketones is 1. The zero-order chi connectivity index (χ0) is 9.84. The summed E-state index contributed by atoms with van der Waals surface area (Å²) in [7, 11) is 0. The van der Waals surface area contributed by atoms with Crippen LogP contribution in [0.3, 0.4) is 0 Å². The fourth-order valence-electron chi connectivity index (χ4n) is 1.09. The maximum Gasteiger partial charge on any atom is 0.179 e. The quantitative estimate of drug-likeness (QED) is 0.515. The highest BCUT2D eigenvalue weighted by molar-refractivity contribution is 5.91. The normalized spacial score (nSPS) is 9.62. The van der Waals surface area contributed by atoms with Gasteiger partial charge in [-0.3, -0.25) is 4.79 Å². The van der Waals surface area contributed by atoms with Crippen molar-refractivity contribution in [2.45, 2.75) is 26.8 Å². The third kappa shape index (κ3) is 2.19. The maximum atomic E-state index is 11.0. The molecule has 0 aliphatic heterocycles. The average molecular weight is 176 g/mol. The molecule has 3 heteroatoms. The zero-order valence-corrected chi connectivity index (χ0v) is 7.87. The molecule has 0 aliphatic rings.